The Morgan fingerprint density at radius 3 is 3.05 bits per heavy atom. The summed E-state index contributed by atoms with van der Waals surface area (Å²) in [5.41, 5.74) is 0. The summed E-state index contributed by atoms with van der Waals surface area (Å²) >= 11 is 3.73. The molecule has 1 aromatic rings. The third kappa shape index (κ3) is 3.64. The molecular formula is C13H17N3OS2. The molecule has 6 heteroatoms. The highest BCUT2D eigenvalue weighted by Crippen LogP contribution is 2.28. The van der Waals surface area contributed by atoms with E-state index in [1.54, 1.807) is 0 Å². The number of pyridine rings is 1. The highest BCUT2D eigenvalue weighted by atomic mass is 32.2. The molecule has 0 aliphatic carbocycles. The fraction of sp³-hybridized carbons (Fsp3) is 0.538. The molecule has 1 unspecified atom stereocenters. The van der Waals surface area contributed by atoms with E-state index < -0.39 is 0 Å². The van der Waals surface area contributed by atoms with Gasteiger partial charge in [0.05, 0.1) is 24.8 Å². The standard InChI is InChI=1S/C13H17N3OS2/c1-2-4-14-12(3-1)18-10-11-9-15-13(19-11)16-5-7-17-8-6-16/h1-4,11H,5-10H2. The van der Waals surface area contributed by atoms with Crippen LogP contribution in [-0.2, 0) is 4.74 Å². The number of rotatable bonds is 3. The maximum absolute atomic E-state index is 5.37. The van der Waals surface area contributed by atoms with Gasteiger partial charge < -0.3 is 9.64 Å². The lowest BCUT2D eigenvalue weighted by Gasteiger charge is -2.28. The van der Waals surface area contributed by atoms with E-state index in [0.717, 1.165) is 43.6 Å². The number of ether oxygens (including phenoxy) is 1. The second kappa shape index (κ2) is 6.63. The maximum Gasteiger partial charge on any atom is 0.159 e. The Balaban J connectivity index is 1.45. The summed E-state index contributed by atoms with van der Waals surface area (Å²) < 4.78 is 5.37. The molecule has 102 valence electrons. The number of aromatic nitrogens is 1. The minimum absolute atomic E-state index is 0.574. The molecule has 0 saturated carbocycles. The topological polar surface area (TPSA) is 37.7 Å². The van der Waals surface area contributed by atoms with E-state index in [2.05, 4.69) is 20.9 Å². The fourth-order valence-corrected chi connectivity index (χ4v) is 4.21. The van der Waals surface area contributed by atoms with Crippen LogP contribution in [0, 0.1) is 0 Å². The Hall–Kier alpha value is -0.720. The molecule has 1 saturated heterocycles. The Morgan fingerprint density at radius 2 is 2.26 bits per heavy atom. The minimum atomic E-state index is 0.574. The van der Waals surface area contributed by atoms with E-state index in [0.29, 0.717) is 5.25 Å². The van der Waals surface area contributed by atoms with E-state index >= 15 is 0 Å². The molecule has 0 spiro atoms. The summed E-state index contributed by atoms with van der Waals surface area (Å²) in [4.78, 5) is 11.4. The number of hydrogen-bond donors (Lipinski definition) is 0. The van der Waals surface area contributed by atoms with Gasteiger partial charge in [0, 0.05) is 30.3 Å². The second-order valence-electron chi connectivity index (χ2n) is 4.44. The van der Waals surface area contributed by atoms with Crippen molar-refractivity contribution in [2.75, 3.05) is 38.6 Å². The van der Waals surface area contributed by atoms with Crippen LogP contribution in [-0.4, -0.2) is 58.9 Å². The molecule has 19 heavy (non-hydrogen) atoms. The molecule has 3 heterocycles. The summed E-state index contributed by atoms with van der Waals surface area (Å²) in [6.45, 7) is 4.54. The van der Waals surface area contributed by atoms with Gasteiger partial charge in [0.15, 0.2) is 5.17 Å². The number of nitrogens with zero attached hydrogens (tertiary/aromatic N) is 3. The molecule has 4 nitrogen and oxygen atoms in total. The molecule has 1 fully saturated rings. The summed E-state index contributed by atoms with van der Waals surface area (Å²) in [5.74, 6) is 1.07. The Labute approximate surface area is 122 Å². The van der Waals surface area contributed by atoms with Crippen LogP contribution in [0.1, 0.15) is 0 Å². The Morgan fingerprint density at radius 1 is 1.37 bits per heavy atom. The van der Waals surface area contributed by atoms with Crippen molar-refractivity contribution in [3.63, 3.8) is 0 Å². The quantitative estimate of drug-likeness (QED) is 0.797. The highest BCUT2D eigenvalue weighted by Gasteiger charge is 2.25. The van der Waals surface area contributed by atoms with Gasteiger partial charge in [-0.2, -0.15) is 0 Å². The van der Waals surface area contributed by atoms with Gasteiger partial charge in [0.25, 0.3) is 0 Å². The van der Waals surface area contributed by atoms with Crippen molar-refractivity contribution in [1.29, 1.82) is 0 Å². The van der Waals surface area contributed by atoms with Crippen molar-refractivity contribution < 1.29 is 4.74 Å². The lowest BCUT2D eigenvalue weighted by Crippen LogP contribution is -2.39. The minimum Gasteiger partial charge on any atom is -0.378 e. The van der Waals surface area contributed by atoms with Gasteiger partial charge in [-0.05, 0) is 12.1 Å². The van der Waals surface area contributed by atoms with Crippen molar-refractivity contribution in [3.8, 4) is 0 Å². The number of aliphatic imine (C=N–C) groups is 1. The van der Waals surface area contributed by atoms with Gasteiger partial charge in [0.2, 0.25) is 0 Å². The van der Waals surface area contributed by atoms with Crippen molar-refractivity contribution >= 4 is 28.7 Å². The largest absolute Gasteiger partial charge is 0.378 e. The normalized spacial score (nSPS) is 23.5. The first-order valence-corrected chi connectivity index (χ1v) is 8.36. The van der Waals surface area contributed by atoms with Crippen LogP contribution in [0.3, 0.4) is 0 Å². The zero-order valence-corrected chi connectivity index (χ0v) is 12.3. The lowest BCUT2D eigenvalue weighted by molar-refractivity contribution is 0.0693. The van der Waals surface area contributed by atoms with Crippen molar-refractivity contribution in [2.24, 2.45) is 4.99 Å². The van der Waals surface area contributed by atoms with E-state index in [9.17, 15) is 0 Å². The molecular weight excluding hydrogens is 278 g/mol. The van der Waals surface area contributed by atoms with Crippen LogP contribution in [0.5, 0.6) is 0 Å². The van der Waals surface area contributed by atoms with Crippen LogP contribution >= 0.6 is 23.5 Å². The van der Waals surface area contributed by atoms with Crippen molar-refractivity contribution in [3.05, 3.63) is 24.4 Å². The second-order valence-corrected chi connectivity index (χ2v) is 6.75. The third-order valence-electron chi connectivity index (χ3n) is 3.04. The van der Waals surface area contributed by atoms with E-state index in [1.807, 2.05) is 41.9 Å². The number of morpholine rings is 1. The van der Waals surface area contributed by atoms with Crippen LogP contribution in [0.4, 0.5) is 0 Å². The molecule has 0 bridgehead atoms. The van der Waals surface area contributed by atoms with Crippen LogP contribution in [0.2, 0.25) is 0 Å². The van der Waals surface area contributed by atoms with Gasteiger partial charge >= 0.3 is 0 Å². The molecule has 0 amide bonds. The number of thioether (sulfide) groups is 2. The first-order chi connectivity index (χ1) is 9.42. The van der Waals surface area contributed by atoms with Gasteiger partial charge in [0.1, 0.15) is 0 Å². The molecule has 1 aromatic heterocycles. The monoisotopic (exact) mass is 295 g/mol. The van der Waals surface area contributed by atoms with Gasteiger partial charge in [-0.3, -0.25) is 4.99 Å². The van der Waals surface area contributed by atoms with E-state index in [-0.39, 0.29) is 0 Å². The highest BCUT2D eigenvalue weighted by molar-refractivity contribution is 8.15. The number of amidine groups is 1. The predicted octanol–water partition coefficient (Wildman–Crippen LogP) is 1.98. The Kier molecular flexibility index (Phi) is 4.63. The molecule has 0 N–H and O–H groups in total. The molecule has 0 aromatic carbocycles. The first kappa shape index (κ1) is 13.3. The van der Waals surface area contributed by atoms with Gasteiger partial charge in [-0.15, -0.1) is 11.8 Å². The zero-order chi connectivity index (χ0) is 12.9. The summed E-state index contributed by atoms with van der Waals surface area (Å²) in [7, 11) is 0. The molecule has 1 atom stereocenters. The summed E-state index contributed by atoms with van der Waals surface area (Å²) in [6.07, 6.45) is 1.85. The molecule has 2 aliphatic rings. The van der Waals surface area contributed by atoms with Crippen LogP contribution in [0.15, 0.2) is 34.4 Å². The smallest absolute Gasteiger partial charge is 0.159 e. The predicted molar refractivity (Wildman–Crippen MR) is 81.0 cm³/mol. The van der Waals surface area contributed by atoms with Crippen LogP contribution < -0.4 is 0 Å². The molecule has 3 rings (SSSR count). The summed E-state index contributed by atoms with van der Waals surface area (Å²) in [5, 5.41) is 2.88. The van der Waals surface area contributed by atoms with E-state index in [4.69, 9.17) is 4.74 Å². The van der Waals surface area contributed by atoms with Gasteiger partial charge in [-0.1, -0.05) is 17.8 Å². The lowest BCUT2D eigenvalue weighted by atomic mass is 10.4. The van der Waals surface area contributed by atoms with Crippen LogP contribution in [0.25, 0.3) is 0 Å². The zero-order valence-electron chi connectivity index (χ0n) is 10.7. The average molecular weight is 295 g/mol. The average Bonchev–Trinajstić information content (AvgIpc) is 2.96. The fourth-order valence-electron chi connectivity index (χ4n) is 2.03. The van der Waals surface area contributed by atoms with Crippen molar-refractivity contribution in [1.82, 2.24) is 9.88 Å². The van der Waals surface area contributed by atoms with Crippen molar-refractivity contribution in [2.45, 2.75) is 10.3 Å². The third-order valence-corrected chi connectivity index (χ3v) is 5.60. The Bertz CT molecular complexity index is 435. The summed E-state index contributed by atoms with van der Waals surface area (Å²) in [6, 6.07) is 6.05. The SMILES string of the molecule is c1ccc(SCC2CN=C(N3CCOCC3)S2)nc1. The van der Waals surface area contributed by atoms with E-state index in [1.165, 1.54) is 5.17 Å². The maximum atomic E-state index is 5.37. The molecule has 0 radical (unpaired) electrons. The first-order valence-electron chi connectivity index (χ1n) is 6.49. The molecule has 2 aliphatic heterocycles. The number of hydrogen-bond acceptors (Lipinski definition) is 6. The van der Waals surface area contributed by atoms with Gasteiger partial charge in [-0.25, -0.2) is 4.98 Å².